The third-order valence-electron chi connectivity index (χ3n) is 5.52. The van der Waals surface area contributed by atoms with Gasteiger partial charge in [-0.1, -0.05) is 6.07 Å². The van der Waals surface area contributed by atoms with Gasteiger partial charge >= 0.3 is 0 Å². The number of aromatic amines is 1. The van der Waals surface area contributed by atoms with Crippen molar-refractivity contribution in [3.8, 4) is 22.6 Å². The molecule has 0 atom stereocenters. The summed E-state index contributed by atoms with van der Waals surface area (Å²) in [6, 6.07) is 7.96. The Morgan fingerprint density at radius 1 is 1.11 bits per heavy atom. The van der Waals surface area contributed by atoms with Gasteiger partial charge in [-0.3, -0.25) is 4.79 Å². The molecule has 7 heteroatoms. The lowest BCUT2D eigenvalue weighted by molar-refractivity contribution is -0.132. The predicted octanol–water partition coefficient (Wildman–Crippen LogP) is 2.28. The van der Waals surface area contributed by atoms with Crippen LogP contribution in [-0.4, -0.2) is 65.7 Å². The normalized spacial score (nSPS) is 16.7. The molecule has 144 valence electrons. The van der Waals surface area contributed by atoms with E-state index in [4.69, 9.17) is 9.47 Å². The molecule has 2 aromatic heterocycles. The topological polar surface area (TPSA) is 70.7 Å². The molecule has 0 spiro atoms. The lowest BCUT2D eigenvalue weighted by atomic mass is 10.0. The number of fused-ring (bicyclic) bond motifs is 2. The highest BCUT2D eigenvalue weighted by molar-refractivity contribution is 5.89. The van der Waals surface area contributed by atoms with Crippen molar-refractivity contribution < 1.29 is 14.3 Å². The van der Waals surface area contributed by atoms with Crippen LogP contribution in [0.1, 0.15) is 5.56 Å². The van der Waals surface area contributed by atoms with Crippen LogP contribution in [0.15, 0.2) is 36.7 Å². The average molecular weight is 378 g/mol. The Morgan fingerprint density at radius 3 is 2.79 bits per heavy atom. The van der Waals surface area contributed by atoms with E-state index in [0.29, 0.717) is 6.42 Å². The van der Waals surface area contributed by atoms with E-state index in [2.05, 4.69) is 28.0 Å². The summed E-state index contributed by atoms with van der Waals surface area (Å²) in [5.74, 6) is 1.68. The average Bonchev–Trinajstić information content (AvgIpc) is 3.34. The molecule has 1 N–H and O–H groups in total. The number of aromatic nitrogens is 2. The number of nitrogens with one attached hydrogen (secondary N) is 1. The van der Waals surface area contributed by atoms with Crippen LogP contribution in [-0.2, 0) is 11.2 Å². The van der Waals surface area contributed by atoms with Crippen molar-refractivity contribution in [2.24, 2.45) is 0 Å². The second-order valence-electron chi connectivity index (χ2n) is 7.36. The molecule has 0 unspecified atom stereocenters. The smallest absolute Gasteiger partial charge is 0.231 e. The van der Waals surface area contributed by atoms with E-state index in [-0.39, 0.29) is 12.7 Å². The SMILES string of the molecule is CN1CCN(C(=O)Cc2c[nH]c3ncc(-c4ccc5c(c4)OCO5)cc23)CC1. The van der Waals surface area contributed by atoms with Crippen LogP contribution >= 0.6 is 0 Å². The third kappa shape index (κ3) is 3.07. The van der Waals surface area contributed by atoms with Crippen LogP contribution in [0.25, 0.3) is 22.2 Å². The van der Waals surface area contributed by atoms with Gasteiger partial charge in [0.05, 0.1) is 6.42 Å². The van der Waals surface area contributed by atoms with Crippen LogP contribution in [0.2, 0.25) is 0 Å². The quantitative estimate of drug-likeness (QED) is 0.757. The number of likely N-dealkylation sites (N-methyl/N-ethyl adjacent to an activating group) is 1. The molecule has 1 fully saturated rings. The second-order valence-corrected chi connectivity index (χ2v) is 7.36. The van der Waals surface area contributed by atoms with Gasteiger partial charge in [0, 0.05) is 49.5 Å². The molecule has 0 aliphatic carbocycles. The number of piperazine rings is 1. The lowest BCUT2D eigenvalue weighted by Crippen LogP contribution is -2.47. The number of nitrogens with zero attached hydrogens (tertiary/aromatic N) is 3. The van der Waals surface area contributed by atoms with Crippen molar-refractivity contribution in [2.45, 2.75) is 6.42 Å². The van der Waals surface area contributed by atoms with Crippen molar-refractivity contribution >= 4 is 16.9 Å². The van der Waals surface area contributed by atoms with Crippen molar-refractivity contribution in [2.75, 3.05) is 40.0 Å². The standard InChI is InChI=1S/C21H22N4O3/c1-24-4-6-25(7-5-24)20(26)10-16-12-23-21-17(16)8-15(11-22-21)14-2-3-18-19(9-14)28-13-27-18/h2-3,8-9,11-12H,4-7,10,13H2,1H3,(H,22,23). The molecule has 1 amide bonds. The molecule has 0 radical (unpaired) electrons. The summed E-state index contributed by atoms with van der Waals surface area (Å²) >= 11 is 0. The van der Waals surface area contributed by atoms with Crippen molar-refractivity contribution in [3.05, 3.63) is 42.2 Å². The number of carbonyl (C=O) groups excluding carboxylic acids is 1. The molecule has 2 aliphatic heterocycles. The molecule has 0 bridgehead atoms. The number of carbonyl (C=O) groups is 1. The maximum Gasteiger partial charge on any atom is 0.231 e. The van der Waals surface area contributed by atoms with E-state index in [0.717, 1.165) is 65.4 Å². The summed E-state index contributed by atoms with van der Waals surface area (Å²) < 4.78 is 10.9. The highest BCUT2D eigenvalue weighted by atomic mass is 16.7. The molecule has 3 aromatic rings. The Hall–Kier alpha value is -3.06. The number of amides is 1. The number of ether oxygens (including phenoxy) is 2. The zero-order chi connectivity index (χ0) is 19.1. The summed E-state index contributed by atoms with van der Waals surface area (Å²) in [6.45, 7) is 3.69. The first kappa shape index (κ1) is 17.1. The van der Waals surface area contributed by atoms with E-state index in [1.54, 1.807) is 0 Å². The van der Waals surface area contributed by atoms with Gasteiger partial charge < -0.3 is 24.3 Å². The molecule has 2 aliphatic rings. The molecular formula is C21H22N4O3. The van der Waals surface area contributed by atoms with Gasteiger partial charge in [-0.25, -0.2) is 4.98 Å². The van der Waals surface area contributed by atoms with E-state index in [9.17, 15) is 4.79 Å². The molecule has 0 saturated carbocycles. The van der Waals surface area contributed by atoms with Gasteiger partial charge in [-0.05, 0) is 36.4 Å². The molecule has 1 aromatic carbocycles. The minimum absolute atomic E-state index is 0.169. The van der Waals surface area contributed by atoms with Gasteiger partial charge in [0.25, 0.3) is 0 Å². The highest BCUT2D eigenvalue weighted by Gasteiger charge is 2.21. The number of hydrogen-bond acceptors (Lipinski definition) is 5. The molecular weight excluding hydrogens is 356 g/mol. The van der Waals surface area contributed by atoms with E-state index < -0.39 is 0 Å². The second kappa shape index (κ2) is 6.83. The minimum Gasteiger partial charge on any atom is -0.454 e. The first-order valence-corrected chi connectivity index (χ1v) is 9.50. The van der Waals surface area contributed by atoms with Crippen LogP contribution in [0.3, 0.4) is 0 Å². The molecule has 1 saturated heterocycles. The first-order valence-electron chi connectivity index (χ1n) is 9.50. The molecule has 5 rings (SSSR count). The van der Waals surface area contributed by atoms with Crippen LogP contribution in [0, 0.1) is 0 Å². The number of benzene rings is 1. The van der Waals surface area contributed by atoms with Crippen molar-refractivity contribution in [1.29, 1.82) is 0 Å². The molecule has 4 heterocycles. The predicted molar refractivity (Wildman–Crippen MR) is 105 cm³/mol. The number of hydrogen-bond donors (Lipinski definition) is 1. The highest BCUT2D eigenvalue weighted by Crippen LogP contribution is 2.36. The summed E-state index contributed by atoms with van der Waals surface area (Å²) in [7, 11) is 2.09. The van der Waals surface area contributed by atoms with Crippen molar-refractivity contribution in [1.82, 2.24) is 19.8 Å². The maximum absolute atomic E-state index is 12.7. The molecule has 28 heavy (non-hydrogen) atoms. The number of rotatable bonds is 3. The fraction of sp³-hybridized carbons (Fsp3) is 0.333. The van der Waals surface area contributed by atoms with E-state index in [1.165, 1.54) is 0 Å². The Labute approximate surface area is 162 Å². The Balaban J connectivity index is 1.41. The Bertz CT molecular complexity index is 1040. The van der Waals surface area contributed by atoms with Gasteiger partial charge in [0.2, 0.25) is 12.7 Å². The summed E-state index contributed by atoms with van der Waals surface area (Å²) in [4.78, 5) is 24.7. The van der Waals surface area contributed by atoms with E-state index in [1.807, 2.05) is 35.5 Å². The lowest BCUT2D eigenvalue weighted by Gasteiger charge is -2.32. The van der Waals surface area contributed by atoms with Crippen LogP contribution in [0.5, 0.6) is 11.5 Å². The fourth-order valence-electron chi connectivity index (χ4n) is 3.77. The fourth-order valence-corrected chi connectivity index (χ4v) is 3.77. The summed E-state index contributed by atoms with van der Waals surface area (Å²) in [5, 5.41) is 0.984. The summed E-state index contributed by atoms with van der Waals surface area (Å²) in [6.07, 6.45) is 4.12. The first-order chi connectivity index (χ1) is 13.7. The Kier molecular flexibility index (Phi) is 4.16. The van der Waals surface area contributed by atoms with Crippen LogP contribution in [0.4, 0.5) is 0 Å². The number of H-pyrrole nitrogens is 1. The van der Waals surface area contributed by atoms with Gasteiger partial charge in [-0.2, -0.15) is 0 Å². The zero-order valence-electron chi connectivity index (χ0n) is 15.8. The van der Waals surface area contributed by atoms with Gasteiger partial charge in [0.15, 0.2) is 11.5 Å². The monoisotopic (exact) mass is 378 g/mol. The summed E-state index contributed by atoms with van der Waals surface area (Å²) in [5.41, 5.74) is 3.77. The van der Waals surface area contributed by atoms with Gasteiger partial charge in [0.1, 0.15) is 5.65 Å². The van der Waals surface area contributed by atoms with E-state index >= 15 is 0 Å². The zero-order valence-corrected chi connectivity index (χ0v) is 15.8. The van der Waals surface area contributed by atoms with Crippen molar-refractivity contribution in [3.63, 3.8) is 0 Å². The van der Waals surface area contributed by atoms with Gasteiger partial charge in [-0.15, -0.1) is 0 Å². The minimum atomic E-state index is 0.169. The Morgan fingerprint density at radius 2 is 1.93 bits per heavy atom. The molecule has 7 nitrogen and oxygen atoms in total. The van der Waals surface area contributed by atoms with Crippen LogP contribution < -0.4 is 9.47 Å². The maximum atomic E-state index is 12.7. The number of pyridine rings is 1. The largest absolute Gasteiger partial charge is 0.454 e. The third-order valence-corrected chi connectivity index (χ3v) is 5.52.